The van der Waals surface area contributed by atoms with Crippen molar-refractivity contribution in [2.24, 2.45) is 0 Å². The molecule has 2 aromatic rings. The number of carbonyl (C=O) groups excluding carboxylic acids is 2. The van der Waals surface area contributed by atoms with Crippen LogP contribution in [0, 0.1) is 0 Å². The second kappa shape index (κ2) is 10.4. The Kier molecular flexibility index (Phi) is 7.60. The van der Waals surface area contributed by atoms with Gasteiger partial charge in [-0.25, -0.2) is 4.98 Å². The van der Waals surface area contributed by atoms with Crippen molar-refractivity contribution in [2.45, 2.75) is 6.42 Å². The molecule has 3 rings (SSSR count). The number of rotatable bonds is 9. The Morgan fingerprint density at radius 2 is 2.16 bits per heavy atom. The van der Waals surface area contributed by atoms with Gasteiger partial charge in [-0.05, 0) is 23.8 Å². The summed E-state index contributed by atoms with van der Waals surface area (Å²) < 4.78 is 11.2. The van der Waals surface area contributed by atoms with Crippen LogP contribution in [0.3, 0.4) is 0 Å². The van der Waals surface area contributed by atoms with Gasteiger partial charge in [-0.3, -0.25) is 24.6 Å². The van der Waals surface area contributed by atoms with E-state index in [1.165, 1.54) is 23.3 Å². The molecule has 1 saturated heterocycles. The van der Waals surface area contributed by atoms with E-state index in [2.05, 4.69) is 10.3 Å². The fourth-order valence-electron chi connectivity index (χ4n) is 2.53. The van der Waals surface area contributed by atoms with Crippen molar-refractivity contribution >= 4 is 68.6 Å². The summed E-state index contributed by atoms with van der Waals surface area (Å²) in [6.45, 7) is -0.200. The van der Waals surface area contributed by atoms with E-state index in [1.54, 1.807) is 35.9 Å². The van der Waals surface area contributed by atoms with Gasteiger partial charge in [0.25, 0.3) is 11.8 Å². The quantitative estimate of drug-likeness (QED) is 0.413. The summed E-state index contributed by atoms with van der Waals surface area (Å²) in [6.07, 6.45) is 3.04. The highest BCUT2D eigenvalue weighted by Gasteiger charge is 2.32. The Bertz CT molecular complexity index is 1040. The second-order valence-corrected chi connectivity index (χ2v) is 8.63. The highest BCUT2D eigenvalue weighted by atomic mass is 32.2. The molecule has 12 heteroatoms. The van der Waals surface area contributed by atoms with Gasteiger partial charge in [0.2, 0.25) is 0 Å². The lowest BCUT2D eigenvalue weighted by Crippen LogP contribution is -2.30. The first-order chi connectivity index (χ1) is 14.9. The van der Waals surface area contributed by atoms with E-state index in [0.29, 0.717) is 31.4 Å². The largest absolute Gasteiger partial charge is 0.493 e. The molecule has 2 amide bonds. The van der Waals surface area contributed by atoms with E-state index < -0.39 is 5.97 Å². The summed E-state index contributed by atoms with van der Waals surface area (Å²) in [5.41, 5.74) is 0.662. The lowest BCUT2D eigenvalue weighted by Gasteiger charge is -2.12. The molecule has 1 aromatic carbocycles. The number of methoxy groups -OCH3 is 1. The number of benzene rings is 1. The molecular formula is C19H17N3O6S3. The van der Waals surface area contributed by atoms with Crippen molar-refractivity contribution < 1.29 is 29.0 Å². The highest BCUT2D eigenvalue weighted by Crippen LogP contribution is 2.34. The van der Waals surface area contributed by atoms with Gasteiger partial charge in [0.15, 0.2) is 23.2 Å². The number of carboxylic acids is 1. The lowest BCUT2D eigenvalue weighted by molar-refractivity contribution is -0.137. The van der Waals surface area contributed by atoms with E-state index in [4.69, 9.17) is 26.8 Å². The highest BCUT2D eigenvalue weighted by molar-refractivity contribution is 8.26. The number of hydrogen-bond acceptors (Lipinski definition) is 9. The second-order valence-electron chi connectivity index (χ2n) is 6.06. The van der Waals surface area contributed by atoms with E-state index in [0.717, 1.165) is 11.8 Å². The maximum absolute atomic E-state index is 12.5. The zero-order valence-corrected chi connectivity index (χ0v) is 18.6. The number of carbonyl (C=O) groups is 3. The summed E-state index contributed by atoms with van der Waals surface area (Å²) in [5, 5.41) is 13.7. The van der Waals surface area contributed by atoms with Crippen LogP contribution in [0.4, 0.5) is 5.13 Å². The molecule has 0 aliphatic carbocycles. The first-order valence-electron chi connectivity index (χ1n) is 8.84. The molecule has 2 N–H and O–H groups in total. The Morgan fingerprint density at radius 3 is 2.84 bits per heavy atom. The van der Waals surface area contributed by atoms with E-state index in [9.17, 15) is 14.4 Å². The molecule has 0 radical (unpaired) electrons. The fraction of sp³-hybridized carbons (Fsp3) is 0.211. The van der Waals surface area contributed by atoms with Gasteiger partial charge in [0.05, 0.1) is 18.4 Å². The third-order valence-electron chi connectivity index (χ3n) is 3.95. The minimum Gasteiger partial charge on any atom is -0.493 e. The van der Waals surface area contributed by atoms with Crippen LogP contribution in [0.25, 0.3) is 6.08 Å². The molecule has 0 unspecified atom stereocenters. The number of aliphatic carboxylic acids is 1. The molecule has 31 heavy (non-hydrogen) atoms. The van der Waals surface area contributed by atoms with Gasteiger partial charge in [-0.15, -0.1) is 11.3 Å². The number of hydrogen-bond donors (Lipinski definition) is 2. The summed E-state index contributed by atoms with van der Waals surface area (Å²) in [7, 11) is 1.47. The number of anilines is 1. The van der Waals surface area contributed by atoms with Gasteiger partial charge in [-0.2, -0.15) is 0 Å². The predicted molar refractivity (Wildman–Crippen MR) is 121 cm³/mol. The number of amides is 2. The fourth-order valence-corrected chi connectivity index (χ4v) is 4.38. The minimum absolute atomic E-state index is 0.0243. The molecule has 2 heterocycles. The number of aromatic nitrogens is 1. The number of carboxylic acid groups (broad SMARTS) is 1. The standard InChI is InChI=1S/C19H17N3O6S3/c1-27-13-8-11(9-14-17(26)22(19(29)31-14)6-4-16(24)25)2-3-12(13)28-10-15(23)21-18-20-5-7-30-18/h2-3,5,7-9H,4,6,10H2,1H3,(H,24,25)(H,20,21,23)/b14-9-. The van der Waals surface area contributed by atoms with Gasteiger partial charge in [0.1, 0.15) is 4.32 Å². The van der Waals surface area contributed by atoms with Crippen LogP contribution < -0.4 is 14.8 Å². The van der Waals surface area contributed by atoms with E-state index in [-0.39, 0.29) is 31.4 Å². The van der Waals surface area contributed by atoms with Gasteiger partial charge in [-0.1, -0.05) is 30.0 Å². The average Bonchev–Trinajstić information content (AvgIpc) is 3.33. The number of thiocarbonyl (C=S) groups is 1. The normalized spacial score (nSPS) is 14.7. The third kappa shape index (κ3) is 6.03. The molecular weight excluding hydrogens is 462 g/mol. The Balaban J connectivity index is 1.66. The number of nitrogens with zero attached hydrogens (tertiary/aromatic N) is 2. The van der Waals surface area contributed by atoms with Gasteiger partial charge >= 0.3 is 5.97 Å². The van der Waals surface area contributed by atoms with Crippen LogP contribution in [0.15, 0.2) is 34.7 Å². The van der Waals surface area contributed by atoms with Crippen molar-refractivity contribution in [1.82, 2.24) is 9.88 Å². The van der Waals surface area contributed by atoms with Crippen molar-refractivity contribution in [3.8, 4) is 11.5 Å². The molecule has 0 saturated carbocycles. The first-order valence-corrected chi connectivity index (χ1v) is 10.9. The number of nitrogens with one attached hydrogen (secondary N) is 1. The lowest BCUT2D eigenvalue weighted by atomic mass is 10.2. The average molecular weight is 480 g/mol. The summed E-state index contributed by atoms with van der Waals surface area (Å²) >= 11 is 7.59. The maximum atomic E-state index is 12.5. The van der Waals surface area contributed by atoms with Crippen LogP contribution in [0.1, 0.15) is 12.0 Å². The monoisotopic (exact) mass is 479 g/mol. The van der Waals surface area contributed by atoms with Crippen molar-refractivity contribution in [3.63, 3.8) is 0 Å². The molecule has 1 aliphatic heterocycles. The van der Waals surface area contributed by atoms with Crippen LogP contribution in [0.2, 0.25) is 0 Å². The molecule has 9 nitrogen and oxygen atoms in total. The summed E-state index contributed by atoms with van der Waals surface area (Å²) in [4.78, 5) is 40.9. The van der Waals surface area contributed by atoms with E-state index >= 15 is 0 Å². The Morgan fingerprint density at radius 1 is 1.35 bits per heavy atom. The van der Waals surface area contributed by atoms with Crippen LogP contribution >= 0.6 is 35.3 Å². The maximum Gasteiger partial charge on any atom is 0.305 e. The summed E-state index contributed by atoms with van der Waals surface area (Å²) in [5.74, 6) is -0.945. The molecule has 162 valence electrons. The molecule has 1 fully saturated rings. The minimum atomic E-state index is -1.00. The molecule has 0 bridgehead atoms. The van der Waals surface area contributed by atoms with Gasteiger partial charge < -0.3 is 14.6 Å². The topological polar surface area (TPSA) is 118 Å². The van der Waals surface area contributed by atoms with Crippen molar-refractivity contribution in [3.05, 3.63) is 40.2 Å². The number of thioether (sulfide) groups is 1. The van der Waals surface area contributed by atoms with Crippen molar-refractivity contribution in [2.75, 3.05) is 25.6 Å². The zero-order valence-electron chi connectivity index (χ0n) is 16.2. The van der Waals surface area contributed by atoms with Crippen LogP contribution in [-0.4, -0.2) is 57.4 Å². The van der Waals surface area contributed by atoms with Crippen LogP contribution in [-0.2, 0) is 14.4 Å². The third-order valence-corrected chi connectivity index (χ3v) is 6.01. The predicted octanol–water partition coefficient (Wildman–Crippen LogP) is 2.85. The van der Waals surface area contributed by atoms with Crippen LogP contribution in [0.5, 0.6) is 11.5 Å². The molecule has 0 spiro atoms. The number of ether oxygens (including phenoxy) is 2. The SMILES string of the molecule is COc1cc(/C=C2\SC(=S)N(CCC(=O)O)C2=O)ccc1OCC(=O)Nc1nccs1. The summed E-state index contributed by atoms with van der Waals surface area (Å²) in [6, 6.07) is 5.00. The molecule has 1 aromatic heterocycles. The Labute approximate surface area is 191 Å². The number of thiazole rings is 1. The molecule has 1 aliphatic rings. The van der Waals surface area contributed by atoms with Gasteiger partial charge in [0, 0.05) is 18.1 Å². The van der Waals surface area contributed by atoms with E-state index in [1.807, 2.05) is 0 Å². The molecule has 0 atom stereocenters. The zero-order chi connectivity index (χ0) is 22.4. The van der Waals surface area contributed by atoms with Crippen molar-refractivity contribution in [1.29, 1.82) is 0 Å². The first kappa shape index (κ1) is 22.7. The smallest absolute Gasteiger partial charge is 0.305 e. The Hall–Kier alpha value is -2.96.